The zero-order valence-electron chi connectivity index (χ0n) is 16.6. The van der Waals surface area contributed by atoms with E-state index in [0.29, 0.717) is 22.5 Å². The first-order chi connectivity index (χ1) is 14.0. The van der Waals surface area contributed by atoms with Gasteiger partial charge >= 0.3 is 0 Å². The average Bonchev–Trinajstić information content (AvgIpc) is 2.74. The molecular formula is C23H23N3O3. The molecule has 0 radical (unpaired) electrons. The Kier molecular flexibility index (Phi) is 6.14. The Balaban J connectivity index is 1.62. The molecule has 3 rings (SSSR count). The van der Waals surface area contributed by atoms with Gasteiger partial charge in [0.1, 0.15) is 5.75 Å². The maximum Gasteiger partial charge on any atom is 0.255 e. The third kappa shape index (κ3) is 5.13. The first kappa shape index (κ1) is 19.9. The lowest BCUT2D eigenvalue weighted by Gasteiger charge is -2.13. The minimum absolute atomic E-state index is 0.232. The van der Waals surface area contributed by atoms with E-state index in [1.165, 1.54) is 0 Å². The highest BCUT2D eigenvalue weighted by Gasteiger charge is 2.10. The van der Waals surface area contributed by atoms with Crippen LogP contribution in [0, 0.1) is 0 Å². The summed E-state index contributed by atoms with van der Waals surface area (Å²) < 4.78 is 5.10. The fourth-order valence-corrected chi connectivity index (χ4v) is 2.70. The van der Waals surface area contributed by atoms with Gasteiger partial charge in [-0.05, 0) is 72.8 Å². The van der Waals surface area contributed by atoms with Crippen LogP contribution >= 0.6 is 0 Å². The van der Waals surface area contributed by atoms with Gasteiger partial charge < -0.3 is 20.3 Å². The summed E-state index contributed by atoms with van der Waals surface area (Å²) in [6.07, 6.45) is 0. The summed E-state index contributed by atoms with van der Waals surface area (Å²) in [4.78, 5) is 26.8. The number of carbonyl (C=O) groups is 2. The minimum Gasteiger partial charge on any atom is -0.497 e. The molecular weight excluding hydrogens is 366 g/mol. The van der Waals surface area contributed by atoms with Crippen LogP contribution in [-0.2, 0) is 0 Å². The number of nitrogens with zero attached hydrogens (tertiary/aromatic N) is 1. The molecule has 0 bridgehead atoms. The van der Waals surface area contributed by atoms with Gasteiger partial charge in [0.15, 0.2) is 0 Å². The van der Waals surface area contributed by atoms with Crippen molar-refractivity contribution in [3.63, 3.8) is 0 Å². The van der Waals surface area contributed by atoms with Gasteiger partial charge in [0.05, 0.1) is 7.11 Å². The van der Waals surface area contributed by atoms with Crippen LogP contribution in [-0.4, -0.2) is 33.0 Å². The fourth-order valence-electron chi connectivity index (χ4n) is 2.70. The second-order valence-electron chi connectivity index (χ2n) is 6.66. The molecule has 0 aliphatic rings. The smallest absolute Gasteiger partial charge is 0.255 e. The predicted molar refractivity (Wildman–Crippen MR) is 116 cm³/mol. The Morgan fingerprint density at radius 3 is 1.48 bits per heavy atom. The Morgan fingerprint density at radius 1 is 0.690 bits per heavy atom. The van der Waals surface area contributed by atoms with E-state index < -0.39 is 0 Å². The number of rotatable bonds is 6. The van der Waals surface area contributed by atoms with Crippen LogP contribution in [0.2, 0.25) is 0 Å². The molecule has 2 amide bonds. The van der Waals surface area contributed by atoms with Crippen LogP contribution in [0.15, 0.2) is 72.8 Å². The van der Waals surface area contributed by atoms with Crippen molar-refractivity contribution in [2.24, 2.45) is 0 Å². The summed E-state index contributed by atoms with van der Waals surface area (Å²) in [7, 11) is 5.50. The van der Waals surface area contributed by atoms with Crippen LogP contribution in [0.5, 0.6) is 5.75 Å². The SMILES string of the molecule is COc1ccc(NC(=O)c2ccc(C(=O)Nc3ccc(N(C)C)cc3)cc2)cc1. The zero-order chi connectivity index (χ0) is 20.8. The molecule has 0 spiro atoms. The van der Waals surface area contributed by atoms with Gasteiger partial charge in [-0.3, -0.25) is 9.59 Å². The number of anilines is 3. The molecule has 0 aromatic heterocycles. The molecule has 0 atom stereocenters. The monoisotopic (exact) mass is 389 g/mol. The van der Waals surface area contributed by atoms with Crippen molar-refractivity contribution >= 4 is 28.9 Å². The number of amides is 2. The van der Waals surface area contributed by atoms with E-state index >= 15 is 0 Å². The van der Waals surface area contributed by atoms with Gasteiger partial charge in [-0.25, -0.2) is 0 Å². The molecule has 0 saturated heterocycles. The number of hydrogen-bond donors (Lipinski definition) is 2. The van der Waals surface area contributed by atoms with Gasteiger partial charge in [-0.2, -0.15) is 0 Å². The van der Waals surface area contributed by atoms with Gasteiger partial charge in [-0.15, -0.1) is 0 Å². The van der Waals surface area contributed by atoms with Gasteiger partial charge in [0.2, 0.25) is 0 Å². The fraction of sp³-hybridized carbons (Fsp3) is 0.130. The Morgan fingerprint density at radius 2 is 1.10 bits per heavy atom. The van der Waals surface area contributed by atoms with Crippen LogP contribution in [0.4, 0.5) is 17.1 Å². The van der Waals surface area contributed by atoms with Crippen molar-refractivity contribution in [3.05, 3.63) is 83.9 Å². The first-order valence-corrected chi connectivity index (χ1v) is 9.10. The number of nitrogens with one attached hydrogen (secondary N) is 2. The number of methoxy groups -OCH3 is 1. The molecule has 0 unspecified atom stereocenters. The Labute approximate surface area is 170 Å². The largest absolute Gasteiger partial charge is 0.497 e. The highest BCUT2D eigenvalue weighted by Crippen LogP contribution is 2.18. The van der Waals surface area contributed by atoms with E-state index in [4.69, 9.17) is 4.74 Å². The highest BCUT2D eigenvalue weighted by atomic mass is 16.5. The summed E-state index contributed by atoms with van der Waals surface area (Å²) in [5.74, 6) is 0.237. The molecule has 0 fully saturated rings. The van der Waals surface area contributed by atoms with Gasteiger partial charge in [0.25, 0.3) is 11.8 Å². The molecule has 0 aliphatic heterocycles. The zero-order valence-corrected chi connectivity index (χ0v) is 16.6. The lowest BCUT2D eigenvalue weighted by atomic mass is 10.1. The van der Waals surface area contributed by atoms with Crippen molar-refractivity contribution in [1.82, 2.24) is 0 Å². The Bertz CT molecular complexity index is 979. The summed E-state index contributed by atoms with van der Waals surface area (Å²) in [5.41, 5.74) is 3.37. The first-order valence-electron chi connectivity index (χ1n) is 9.10. The molecule has 3 aromatic rings. The van der Waals surface area contributed by atoms with E-state index in [1.807, 2.05) is 43.3 Å². The maximum absolute atomic E-state index is 12.4. The lowest BCUT2D eigenvalue weighted by Crippen LogP contribution is -2.14. The molecule has 148 valence electrons. The van der Waals surface area contributed by atoms with Crippen LogP contribution < -0.4 is 20.3 Å². The minimum atomic E-state index is -0.249. The third-order valence-corrected chi connectivity index (χ3v) is 4.40. The number of benzene rings is 3. The summed E-state index contributed by atoms with van der Waals surface area (Å²) in [6.45, 7) is 0. The van der Waals surface area contributed by atoms with Crippen molar-refractivity contribution in [1.29, 1.82) is 0 Å². The van der Waals surface area contributed by atoms with E-state index in [0.717, 1.165) is 11.4 Å². The van der Waals surface area contributed by atoms with Crippen molar-refractivity contribution in [2.45, 2.75) is 0 Å². The number of hydrogen-bond acceptors (Lipinski definition) is 4. The maximum atomic E-state index is 12.4. The molecule has 2 N–H and O–H groups in total. The molecule has 6 heteroatoms. The van der Waals surface area contributed by atoms with Crippen LogP contribution in [0.25, 0.3) is 0 Å². The normalized spacial score (nSPS) is 10.2. The van der Waals surface area contributed by atoms with Crippen LogP contribution in [0.1, 0.15) is 20.7 Å². The molecule has 0 aliphatic carbocycles. The van der Waals surface area contributed by atoms with E-state index in [9.17, 15) is 9.59 Å². The standard InChI is InChI=1S/C23H23N3O3/c1-26(2)20-12-8-18(9-13-20)24-22(27)16-4-6-17(7-5-16)23(28)25-19-10-14-21(29-3)15-11-19/h4-15H,1-3H3,(H,24,27)(H,25,28). The van der Waals surface area contributed by atoms with E-state index in [1.54, 1.807) is 55.6 Å². The molecule has 3 aromatic carbocycles. The third-order valence-electron chi connectivity index (χ3n) is 4.40. The van der Waals surface area contributed by atoms with Crippen molar-refractivity contribution in [3.8, 4) is 5.75 Å². The quantitative estimate of drug-likeness (QED) is 0.661. The van der Waals surface area contributed by atoms with Gasteiger partial charge in [0, 0.05) is 42.3 Å². The summed E-state index contributed by atoms with van der Waals surface area (Å²) in [5, 5.41) is 5.67. The Hall–Kier alpha value is -3.80. The average molecular weight is 389 g/mol. The molecule has 0 saturated carbocycles. The summed E-state index contributed by atoms with van der Waals surface area (Å²) >= 11 is 0. The second kappa shape index (κ2) is 8.93. The van der Waals surface area contributed by atoms with E-state index in [2.05, 4.69) is 10.6 Å². The lowest BCUT2D eigenvalue weighted by molar-refractivity contribution is 0.101. The van der Waals surface area contributed by atoms with E-state index in [-0.39, 0.29) is 11.8 Å². The van der Waals surface area contributed by atoms with Gasteiger partial charge in [-0.1, -0.05) is 0 Å². The molecule has 6 nitrogen and oxygen atoms in total. The molecule has 0 heterocycles. The molecule has 29 heavy (non-hydrogen) atoms. The predicted octanol–water partition coefficient (Wildman–Crippen LogP) is 4.27. The topological polar surface area (TPSA) is 70.7 Å². The summed E-state index contributed by atoms with van der Waals surface area (Å²) in [6, 6.07) is 21.2. The van der Waals surface area contributed by atoms with Crippen LogP contribution in [0.3, 0.4) is 0 Å². The van der Waals surface area contributed by atoms with Crippen molar-refractivity contribution < 1.29 is 14.3 Å². The van der Waals surface area contributed by atoms with Crippen molar-refractivity contribution in [2.75, 3.05) is 36.7 Å². The number of ether oxygens (including phenoxy) is 1. The second-order valence-corrected chi connectivity index (χ2v) is 6.66. The number of carbonyl (C=O) groups excluding carboxylic acids is 2. The highest BCUT2D eigenvalue weighted by molar-refractivity contribution is 6.07.